The molecule has 0 bridgehead atoms. The molecule has 2 amide bonds. The van der Waals surface area contributed by atoms with Gasteiger partial charge < -0.3 is 20.3 Å². The van der Waals surface area contributed by atoms with E-state index in [0.717, 1.165) is 41.5 Å². The predicted molar refractivity (Wildman–Crippen MR) is 165 cm³/mol. The molecule has 0 spiro atoms. The van der Waals surface area contributed by atoms with E-state index in [1.807, 2.05) is 37.3 Å². The maximum atomic E-state index is 13.1. The van der Waals surface area contributed by atoms with Crippen LogP contribution in [-0.2, 0) is 21.0 Å². The fraction of sp³-hybridized carbons (Fsp3) is 0.406. The summed E-state index contributed by atoms with van der Waals surface area (Å²) in [7, 11) is 0. The van der Waals surface area contributed by atoms with Gasteiger partial charge in [0.25, 0.3) is 5.91 Å². The molecule has 2 aromatic carbocycles. The summed E-state index contributed by atoms with van der Waals surface area (Å²) in [5, 5.41) is 27.4. The van der Waals surface area contributed by atoms with Crippen LogP contribution in [0.1, 0.15) is 54.7 Å². The molecule has 0 saturated carbocycles. The van der Waals surface area contributed by atoms with Gasteiger partial charge >= 0.3 is 24.3 Å². The van der Waals surface area contributed by atoms with Crippen LogP contribution in [0.5, 0.6) is 5.75 Å². The summed E-state index contributed by atoms with van der Waals surface area (Å²) < 4.78 is 69.5. The number of aliphatic carboxylic acids is 2. The van der Waals surface area contributed by atoms with Gasteiger partial charge in [0.2, 0.25) is 5.91 Å². The minimum absolute atomic E-state index is 0.0847. The fourth-order valence-corrected chi connectivity index (χ4v) is 4.98. The third kappa shape index (κ3) is 12.8. The Morgan fingerprint density at radius 3 is 2.04 bits per heavy atom. The molecule has 1 aromatic heterocycles. The number of aromatic nitrogens is 1. The number of likely N-dealkylation sites (tertiary alicyclic amines) is 1. The highest BCUT2D eigenvalue weighted by molar-refractivity contribution is 5.94. The minimum Gasteiger partial charge on any atom is -0.489 e. The van der Waals surface area contributed by atoms with E-state index in [-0.39, 0.29) is 30.5 Å². The number of carboxylic acid groups (broad SMARTS) is 2. The molecule has 1 saturated heterocycles. The van der Waals surface area contributed by atoms with E-state index in [4.69, 9.17) is 29.7 Å². The smallest absolute Gasteiger partial charge is 0.489 e. The van der Waals surface area contributed by atoms with Crippen molar-refractivity contribution in [2.45, 2.75) is 71.2 Å². The summed E-state index contributed by atoms with van der Waals surface area (Å²) in [6, 6.07) is 17.3. The van der Waals surface area contributed by atoms with Gasteiger partial charge in [0, 0.05) is 47.1 Å². The average molecular weight is 719 g/mol. The summed E-state index contributed by atoms with van der Waals surface area (Å²) in [6.07, 6.45) is -8.56. The van der Waals surface area contributed by atoms with Crippen LogP contribution in [0.25, 0.3) is 10.9 Å². The molecule has 274 valence electrons. The second-order valence-electron chi connectivity index (χ2n) is 11.3. The third-order valence-corrected chi connectivity index (χ3v) is 7.24. The molecule has 3 aromatic rings. The molecule has 2 atom stereocenters. The van der Waals surface area contributed by atoms with Crippen LogP contribution in [0.2, 0.25) is 0 Å². The number of aryl methyl sites for hydroxylation is 1. The van der Waals surface area contributed by atoms with E-state index in [2.05, 4.69) is 29.0 Å². The maximum absolute atomic E-state index is 13.1. The number of nitrogens with zero attached hydrogens (tertiary/aromatic N) is 2. The number of halogens is 6. The summed E-state index contributed by atoms with van der Waals surface area (Å²) in [5.41, 5.74) is 5.17. The van der Waals surface area contributed by atoms with Crippen molar-refractivity contribution in [3.8, 4) is 5.75 Å². The monoisotopic (exact) mass is 718 g/mol. The number of hydroxylamine groups is 1. The first-order chi connectivity index (χ1) is 23.2. The Morgan fingerprint density at radius 2 is 1.52 bits per heavy atom. The number of alkyl halides is 6. The number of carbonyl (C=O) groups excluding carboxylic acids is 2. The lowest BCUT2D eigenvalue weighted by atomic mass is 9.89. The highest BCUT2D eigenvalue weighted by Crippen LogP contribution is 2.27. The van der Waals surface area contributed by atoms with E-state index in [9.17, 15) is 35.9 Å². The molecule has 4 rings (SSSR count). The lowest BCUT2D eigenvalue weighted by Crippen LogP contribution is -2.58. The number of pyridine rings is 1. The van der Waals surface area contributed by atoms with E-state index >= 15 is 0 Å². The highest BCUT2D eigenvalue weighted by atomic mass is 19.4. The first kappa shape index (κ1) is 41.2. The summed E-state index contributed by atoms with van der Waals surface area (Å²) in [6.45, 7) is 7.36. The van der Waals surface area contributed by atoms with Crippen LogP contribution in [-0.4, -0.2) is 80.2 Å². The first-order valence-corrected chi connectivity index (χ1v) is 14.9. The Kier molecular flexibility index (Phi) is 15.0. The molecule has 0 aliphatic carbocycles. The van der Waals surface area contributed by atoms with E-state index < -0.39 is 30.2 Å². The number of hydrogen-bond acceptors (Lipinski definition) is 8. The SMILES string of the molecule is Cc1cc(COc2ccc(C(=O)NC3[C@@H](CC(=O)NO)CCCN3C(C)C)cc2)c2ccccc2n1.O=C(O)C(F)(F)F.O=C(O)C(F)(F)F. The summed E-state index contributed by atoms with van der Waals surface area (Å²) in [4.78, 5) is 49.5. The topological polar surface area (TPSA) is 178 Å². The number of nitrogens with one attached hydrogen (secondary N) is 2. The zero-order valence-electron chi connectivity index (χ0n) is 27.0. The number of rotatable bonds is 8. The Labute approximate surface area is 282 Å². The fourth-order valence-electron chi connectivity index (χ4n) is 4.98. The van der Waals surface area contributed by atoms with Crippen LogP contribution in [0, 0.1) is 12.8 Å². The van der Waals surface area contributed by atoms with Crippen molar-refractivity contribution in [3.63, 3.8) is 0 Å². The van der Waals surface area contributed by atoms with Crippen LogP contribution < -0.4 is 15.5 Å². The quantitative estimate of drug-likeness (QED) is 0.114. The zero-order valence-corrected chi connectivity index (χ0v) is 27.0. The molecular formula is C32H36F6N4O8. The molecule has 5 N–H and O–H groups in total. The highest BCUT2D eigenvalue weighted by Gasteiger charge is 2.39. The number of amides is 2. The van der Waals surface area contributed by atoms with Crippen LogP contribution in [0.3, 0.4) is 0 Å². The number of carbonyl (C=O) groups is 4. The number of ether oxygens (including phenoxy) is 1. The zero-order chi connectivity index (χ0) is 37.8. The number of hydrogen-bond donors (Lipinski definition) is 5. The lowest BCUT2D eigenvalue weighted by molar-refractivity contribution is -0.193. The molecule has 2 heterocycles. The second kappa shape index (κ2) is 18.1. The normalized spacial score (nSPS) is 16.3. The Hall–Kier alpha value is -4.97. The Balaban J connectivity index is 0.000000521. The molecule has 0 radical (unpaired) electrons. The van der Waals surface area contributed by atoms with Crippen molar-refractivity contribution in [1.82, 2.24) is 20.7 Å². The third-order valence-electron chi connectivity index (χ3n) is 7.24. The van der Waals surface area contributed by atoms with Crippen molar-refractivity contribution in [3.05, 3.63) is 71.4 Å². The minimum atomic E-state index is -5.08. The molecule has 1 aliphatic heterocycles. The van der Waals surface area contributed by atoms with Gasteiger partial charge in [-0.2, -0.15) is 26.3 Å². The number of benzene rings is 2. The van der Waals surface area contributed by atoms with Crippen molar-refractivity contribution in [2.75, 3.05) is 6.54 Å². The van der Waals surface area contributed by atoms with Gasteiger partial charge in [-0.05, 0) is 70.0 Å². The molecular weight excluding hydrogens is 682 g/mol. The standard InChI is InChI=1S/C28H34N4O4.2C2HF3O2/c1-18(2)32-14-6-7-21(16-26(33)31-35)27(32)30-28(34)20-10-12-23(13-11-20)36-17-22-15-19(3)29-25-9-5-4-8-24(22)25;2*3-2(4,5)1(6)7/h4-5,8-13,15,18,21,27,35H,6-7,14,16-17H2,1-3H3,(H,30,34)(H,31,33);2*(H,6,7)/t21-,27?;;/m1../s1. The predicted octanol–water partition coefficient (Wildman–Crippen LogP) is 5.46. The molecule has 12 nitrogen and oxygen atoms in total. The van der Waals surface area contributed by atoms with E-state index in [1.54, 1.807) is 29.7 Å². The van der Waals surface area contributed by atoms with Gasteiger partial charge in [0.1, 0.15) is 12.4 Å². The van der Waals surface area contributed by atoms with Crippen LogP contribution in [0.15, 0.2) is 54.6 Å². The van der Waals surface area contributed by atoms with E-state index in [1.165, 1.54) is 0 Å². The van der Waals surface area contributed by atoms with Gasteiger partial charge in [0.15, 0.2) is 0 Å². The van der Waals surface area contributed by atoms with Crippen molar-refractivity contribution >= 4 is 34.7 Å². The molecule has 50 heavy (non-hydrogen) atoms. The molecule has 1 unspecified atom stereocenters. The van der Waals surface area contributed by atoms with Gasteiger partial charge in [-0.1, -0.05) is 18.2 Å². The Morgan fingerprint density at radius 1 is 0.960 bits per heavy atom. The number of fused-ring (bicyclic) bond motifs is 1. The van der Waals surface area contributed by atoms with Crippen molar-refractivity contribution < 1.29 is 65.7 Å². The molecule has 18 heteroatoms. The molecule has 1 fully saturated rings. The van der Waals surface area contributed by atoms with E-state index in [0.29, 0.717) is 17.9 Å². The summed E-state index contributed by atoms with van der Waals surface area (Å²) in [5.74, 6) is -5.57. The van der Waals surface area contributed by atoms with Crippen molar-refractivity contribution in [2.24, 2.45) is 5.92 Å². The van der Waals surface area contributed by atoms with Crippen molar-refractivity contribution in [1.29, 1.82) is 0 Å². The van der Waals surface area contributed by atoms with Gasteiger partial charge in [0.05, 0.1) is 11.7 Å². The number of carboxylic acids is 2. The lowest BCUT2D eigenvalue weighted by Gasteiger charge is -2.43. The Bertz CT molecular complexity index is 1590. The first-order valence-electron chi connectivity index (χ1n) is 14.9. The maximum Gasteiger partial charge on any atom is 0.490 e. The number of piperidine rings is 1. The molecule has 1 aliphatic rings. The average Bonchev–Trinajstić information content (AvgIpc) is 3.04. The van der Waals surface area contributed by atoms with Gasteiger partial charge in [-0.15, -0.1) is 0 Å². The largest absolute Gasteiger partial charge is 0.490 e. The van der Waals surface area contributed by atoms with Gasteiger partial charge in [-0.25, -0.2) is 15.1 Å². The number of para-hydroxylation sites is 1. The second-order valence-corrected chi connectivity index (χ2v) is 11.3. The van der Waals surface area contributed by atoms with Crippen LogP contribution >= 0.6 is 0 Å². The van der Waals surface area contributed by atoms with Gasteiger partial charge in [-0.3, -0.25) is 24.7 Å². The van der Waals surface area contributed by atoms with Crippen LogP contribution in [0.4, 0.5) is 26.3 Å². The summed E-state index contributed by atoms with van der Waals surface area (Å²) >= 11 is 0.